The number of nitriles is 1. The molecule has 0 unspecified atom stereocenters. The molecular weight excluding hydrogens is 406 g/mol. The zero-order chi connectivity index (χ0) is 21.8. The lowest BCUT2D eigenvalue weighted by molar-refractivity contribution is 0.102. The summed E-state index contributed by atoms with van der Waals surface area (Å²) in [5.74, 6) is 0.515. The highest BCUT2D eigenvalue weighted by Gasteiger charge is 2.25. The minimum Gasteiger partial charge on any atom is -0.491 e. The molecule has 4 rings (SSSR count). The van der Waals surface area contributed by atoms with Gasteiger partial charge in [-0.25, -0.2) is 0 Å². The minimum atomic E-state index is -0.215. The Bertz CT molecular complexity index is 1100. The number of fused-ring (bicyclic) bond motifs is 1. The number of hydrogen-bond donors (Lipinski definition) is 1. The summed E-state index contributed by atoms with van der Waals surface area (Å²) in [7, 11) is 0. The molecule has 0 atom stereocenters. The van der Waals surface area contributed by atoms with E-state index in [9.17, 15) is 10.1 Å². The van der Waals surface area contributed by atoms with E-state index in [0.29, 0.717) is 16.1 Å². The van der Waals surface area contributed by atoms with E-state index in [1.54, 1.807) is 24.3 Å². The third-order valence-corrected chi connectivity index (χ3v) is 6.34. The quantitative estimate of drug-likeness (QED) is 0.581. The number of carbonyl (C=O) groups is 1. The number of nitrogens with zero attached hydrogens (tertiary/aromatic N) is 2. The first-order valence-electron chi connectivity index (χ1n) is 10.4. The minimum absolute atomic E-state index is 0.0803. The van der Waals surface area contributed by atoms with Crippen LogP contribution in [0.4, 0.5) is 5.00 Å². The van der Waals surface area contributed by atoms with Crippen molar-refractivity contribution in [1.29, 1.82) is 5.26 Å². The fourth-order valence-electron chi connectivity index (χ4n) is 3.77. The molecule has 0 aliphatic carbocycles. The van der Waals surface area contributed by atoms with Crippen LogP contribution in [-0.4, -0.2) is 23.5 Å². The monoisotopic (exact) mass is 431 g/mol. The average molecular weight is 432 g/mol. The highest BCUT2D eigenvalue weighted by molar-refractivity contribution is 7.16. The van der Waals surface area contributed by atoms with Gasteiger partial charge in [0.05, 0.1) is 11.7 Å². The molecule has 1 aromatic heterocycles. The number of benzene rings is 2. The summed E-state index contributed by atoms with van der Waals surface area (Å²) in [6, 6.07) is 19.8. The van der Waals surface area contributed by atoms with Crippen molar-refractivity contribution in [3.63, 3.8) is 0 Å². The lowest BCUT2D eigenvalue weighted by atomic mass is 10.0. The smallest absolute Gasteiger partial charge is 0.256 e. The molecule has 6 heteroatoms. The first kappa shape index (κ1) is 21.1. The van der Waals surface area contributed by atoms with E-state index in [0.717, 1.165) is 42.2 Å². The second-order valence-corrected chi connectivity index (χ2v) is 9.02. The van der Waals surface area contributed by atoms with Crippen LogP contribution in [0.25, 0.3) is 0 Å². The SMILES string of the molecule is CC(C)Oc1ccc(C(=O)Nc2sc3c(c2C#N)CCN(Cc2ccccc2)C3)cc1. The first-order chi connectivity index (χ1) is 15.0. The molecule has 1 aliphatic rings. The van der Waals surface area contributed by atoms with E-state index in [4.69, 9.17) is 4.74 Å². The van der Waals surface area contributed by atoms with Gasteiger partial charge in [0, 0.05) is 30.1 Å². The fraction of sp³-hybridized carbons (Fsp3) is 0.280. The fourth-order valence-corrected chi connectivity index (χ4v) is 5.01. The lowest BCUT2D eigenvalue weighted by Crippen LogP contribution is -2.29. The lowest BCUT2D eigenvalue weighted by Gasteiger charge is -2.26. The van der Waals surface area contributed by atoms with Crippen LogP contribution in [-0.2, 0) is 19.5 Å². The zero-order valence-electron chi connectivity index (χ0n) is 17.7. The molecule has 2 heterocycles. The molecule has 1 aliphatic heterocycles. The molecule has 0 saturated carbocycles. The third kappa shape index (κ3) is 4.96. The maximum atomic E-state index is 12.8. The summed E-state index contributed by atoms with van der Waals surface area (Å²) in [4.78, 5) is 16.3. The van der Waals surface area contributed by atoms with Crippen LogP contribution in [0.3, 0.4) is 0 Å². The number of anilines is 1. The Labute approximate surface area is 186 Å². The van der Waals surface area contributed by atoms with Gasteiger partial charge in [0.15, 0.2) is 0 Å². The highest BCUT2D eigenvalue weighted by Crippen LogP contribution is 2.37. The van der Waals surface area contributed by atoms with Gasteiger partial charge >= 0.3 is 0 Å². The van der Waals surface area contributed by atoms with Crippen LogP contribution in [0.2, 0.25) is 0 Å². The summed E-state index contributed by atoms with van der Waals surface area (Å²) < 4.78 is 5.63. The van der Waals surface area contributed by atoms with Crippen LogP contribution in [0, 0.1) is 11.3 Å². The van der Waals surface area contributed by atoms with E-state index < -0.39 is 0 Å². The molecule has 1 amide bonds. The summed E-state index contributed by atoms with van der Waals surface area (Å²) in [5, 5.41) is 13.3. The van der Waals surface area contributed by atoms with Gasteiger partial charge in [0.2, 0.25) is 0 Å². The van der Waals surface area contributed by atoms with Crippen molar-refractivity contribution in [3.8, 4) is 11.8 Å². The number of rotatable bonds is 6. The van der Waals surface area contributed by atoms with E-state index in [-0.39, 0.29) is 12.0 Å². The molecule has 0 spiro atoms. The zero-order valence-corrected chi connectivity index (χ0v) is 18.5. The van der Waals surface area contributed by atoms with E-state index in [1.165, 1.54) is 16.9 Å². The van der Waals surface area contributed by atoms with E-state index in [1.807, 2.05) is 19.9 Å². The molecule has 0 fully saturated rings. The molecule has 0 saturated heterocycles. The largest absolute Gasteiger partial charge is 0.491 e. The first-order valence-corrected chi connectivity index (χ1v) is 11.2. The normalized spacial score (nSPS) is 13.5. The van der Waals surface area contributed by atoms with Crippen LogP contribution in [0.5, 0.6) is 5.75 Å². The molecule has 31 heavy (non-hydrogen) atoms. The van der Waals surface area contributed by atoms with Gasteiger partial charge in [-0.1, -0.05) is 30.3 Å². The van der Waals surface area contributed by atoms with Crippen LogP contribution >= 0.6 is 11.3 Å². The molecule has 0 radical (unpaired) electrons. The van der Waals surface area contributed by atoms with Gasteiger partial charge in [0.25, 0.3) is 5.91 Å². The topological polar surface area (TPSA) is 65.4 Å². The number of carbonyl (C=O) groups excluding carboxylic acids is 1. The third-order valence-electron chi connectivity index (χ3n) is 5.21. The Morgan fingerprint density at radius 3 is 2.61 bits per heavy atom. The molecule has 158 valence electrons. The summed E-state index contributed by atoms with van der Waals surface area (Å²) in [5.41, 5.74) is 3.50. The Morgan fingerprint density at radius 1 is 1.19 bits per heavy atom. The molecule has 0 bridgehead atoms. The Hall–Kier alpha value is -3.14. The number of thiophene rings is 1. The maximum absolute atomic E-state index is 12.8. The van der Waals surface area contributed by atoms with Gasteiger partial charge in [-0.2, -0.15) is 5.26 Å². The summed E-state index contributed by atoms with van der Waals surface area (Å²) >= 11 is 1.51. The van der Waals surface area contributed by atoms with Crippen molar-refractivity contribution in [3.05, 3.63) is 81.7 Å². The molecule has 1 N–H and O–H groups in total. The average Bonchev–Trinajstić information content (AvgIpc) is 3.10. The number of hydrogen-bond acceptors (Lipinski definition) is 5. The van der Waals surface area contributed by atoms with Crippen LogP contribution < -0.4 is 10.1 Å². The van der Waals surface area contributed by atoms with Crippen molar-refractivity contribution >= 4 is 22.2 Å². The Balaban J connectivity index is 1.47. The number of ether oxygens (including phenoxy) is 1. The molecule has 2 aromatic carbocycles. The van der Waals surface area contributed by atoms with E-state index in [2.05, 4.69) is 40.6 Å². The molecular formula is C25H25N3O2S. The van der Waals surface area contributed by atoms with Crippen molar-refractivity contribution in [2.75, 3.05) is 11.9 Å². The second kappa shape index (κ2) is 9.34. The Morgan fingerprint density at radius 2 is 1.94 bits per heavy atom. The van der Waals surface area contributed by atoms with Crippen molar-refractivity contribution < 1.29 is 9.53 Å². The summed E-state index contributed by atoms with van der Waals surface area (Å²) in [6.45, 7) is 6.50. The van der Waals surface area contributed by atoms with Gasteiger partial charge < -0.3 is 10.1 Å². The van der Waals surface area contributed by atoms with Crippen LogP contribution in [0.1, 0.15) is 45.8 Å². The van der Waals surface area contributed by atoms with Crippen molar-refractivity contribution in [1.82, 2.24) is 4.90 Å². The van der Waals surface area contributed by atoms with E-state index >= 15 is 0 Å². The maximum Gasteiger partial charge on any atom is 0.256 e. The Kier molecular flexibility index (Phi) is 6.36. The molecule has 3 aromatic rings. The van der Waals surface area contributed by atoms with Crippen molar-refractivity contribution in [2.24, 2.45) is 0 Å². The number of nitrogens with one attached hydrogen (secondary N) is 1. The van der Waals surface area contributed by atoms with Gasteiger partial charge in [-0.15, -0.1) is 11.3 Å². The standard InChI is InChI=1S/C25H25N3O2S/c1-17(2)30-20-10-8-19(9-11-20)24(29)27-25-22(14-26)21-12-13-28(16-23(21)31-25)15-18-6-4-3-5-7-18/h3-11,17H,12-13,15-16H2,1-2H3,(H,27,29). The van der Waals surface area contributed by atoms with Crippen molar-refractivity contribution in [2.45, 2.75) is 39.5 Å². The summed E-state index contributed by atoms with van der Waals surface area (Å²) in [6.07, 6.45) is 0.898. The van der Waals surface area contributed by atoms with Crippen LogP contribution in [0.15, 0.2) is 54.6 Å². The predicted molar refractivity (Wildman–Crippen MR) is 123 cm³/mol. The van der Waals surface area contributed by atoms with Gasteiger partial charge in [-0.3, -0.25) is 9.69 Å². The van der Waals surface area contributed by atoms with Gasteiger partial charge in [0.1, 0.15) is 16.8 Å². The number of amides is 1. The molecule has 5 nitrogen and oxygen atoms in total. The van der Waals surface area contributed by atoms with Gasteiger partial charge in [-0.05, 0) is 55.7 Å². The second-order valence-electron chi connectivity index (χ2n) is 7.91. The highest BCUT2D eigenvalue weighted by atomic mass is 32.1. The predicted octanol–water partition coefficient (Wildman–Crippen LogP) is 5.22.